The molecule has 0 saturated carbocycles. The van der Waals surface area contributed by atoms with Crippen molar-refractivity contribution in [2.75, 3.05) is 7.11 Å². The first-order chi connectivity index (χ1) is 15.9. The Bertz CT molecular complexity index is 1350. The van der Waals surface area contributed by atoms with Crippen LogP contribution in [0.1, 0.15) is 40.9 Å². The van der Waals surface area contributed by atoms with E-state index in [9.17, 15) is 13.2 Å². The number of aryl methyl sites for hydroxylation is 2. The summed E-state index contributed by atoms with van der Waals surface area (Å²) in [6, 6.07) is 5.74. The number of nitrogens with zero attached hydrogens (tertiary/aromatic N) is 6. The van der Waals surface area contributed by atoms with E-state index in [0.29, 0.717) is 41.8 Å². The predicted octanol–water partition coefficient (Wildman–Crippen LogP) is 4.30. The second kappa shape index (κ2) is 8.19. The second-order valence-corrected chi connectivity index (χ2v) is 7.71. The third-order valence-corrected chi connectivity index (χ3v) is 5.51. The van der Waals surface area contributed by atoms with Gasteiger partial charge in [0.1, 0.15) is 11.5 Å². The first-order valence-corrected chi connectivity index (χ1v) is 10.3. The van der Waals surface area contributed by atoms with Crippen LogP contribution in [0.3, 0.4) is 0 Å². The molecular formula is C23H19F3N6O. The fraction of sp³-hybridized carbons (Fsp3) is 0.217. The van der Waals surface area contributed by atoms with Crippen LogP contribution in [0.25, 0.3) is 17.8 Å². The van der Waals surface area contributed by atoms with Gasteiger partial charge in [-0.1, -0.05) is 0 Å². The zero-order valence-corrected chi connectivity index (χ0v) is 17.8. The smallest absolute Gasteiger partial charge is 0.238 e. The lowest BCUT2D eigenvalue weighted by atomic mass is 9.97. The minimum absolute atomic E-state index is 0.338. The maximum absolute atomic E-state index is 13.7. The van der Waals surface area contributed by atoms with E-state index in [1.165, 1.54) is 0 Å². The van der Waals surface area contributed by atoms with Crippen molar-refractivity contribution in [2.24, 2.45) is 0 Å². The molecule has 4 aromatic rings. The molecule has 7 nitrogen and oxygen atoms in total. The van der Waals surface area contributed by atoms with E-state index in [-0.39, 0.29) is 5.92 Å². The molecule has 0 radical (unpaired) electrons. The van der Waals surface area contributed by atoms with Crippen molar-refractivity contribution in [3.8, 4) is 11.6 Å². The van der Waals surface area contributed by atoms with Crippen molar-refractivity contribution < 1.29 is 17.9 Å². The Hall–Kier alpha value is -3.95. The van der Waals surface area contributed by atoms with Gasteiger partial charge in [0.05, 0.1) is 24.8 Å². The maximum Gasteiger partial charge on any atom is 0.238 e. The van der Waals surface area contributed by atoms with Gasteiger partial charge in [-0.05, 0) is 55.3 Å². The van der Waals surface area contributed by atoms with Crippen molar-refractivity contribution >= 4 is 12.2 Å². The quantitative estimate of drug-likeness (QED) is 0.423. The standard InChI is InChI=1S/C23H19F3N6O/c1-13-11-31(12-27-13)19-5-3-15(28-23(19)33-2)4-6-20-29-22-16(7-8-32(22)30-20)14-9-17(24)21(26)18(25)10-14/h3-6,9-12,16H,7-8H2,1-2H3/t16-/m1/s1. The summed E-state index contributed by atoms with van der Waals surface area (Å²) in [5, 5.41) is 4.44. The van der Waals surface area contributed by atoms with Crippen molar-refractivity contribution in [1.29, 1.82) is 0 Å². The van der Waals surface area contributed by atoms with Gasteiger partial charge in [0.25, 0.3) is 0 Å². The van der Waals surface area contributed by atoms with Crippen LogP contribution in [0.4, 0.5) is 13.2 Å². The topological polar surface area (TPSA) is 70.7 Å². The zero-order valence-electron chi connectivity index (χ0n) is 17.8. The minimum Gasteiger partial charge on any atom is -0.479 e. The van der Waals surface area contributed by atoms with Crippen LogP contribution < -0.4 is 4.74 Å². The molecule has 33 heavy (non-hydrogen) atoms. The molecule has 0 N–H and O–H groups in total. The molecule has 5 rings (SSSR count). The Balaban J connectivity index is 1.39. The Labute approximate surface area is 187 Å². The lowest BCUT2D eigenvalue weighted by molar-refractivity contribution is 0.395. The zero-order chi connectivity index (χ0) is 23.1. The lowest BCUT2D eigenvalue weighted by Gasteiger charge is -2.09. The molecule has 4 heterocycles. The van der Waals surface area contributed by atoms with Gasteiger partial charge in [0.2, 0.25) is 5.88 Å². The number of benzene rings is 1. The number of pyridine rings is 1. The van der Waals surface area contributed by atoms with E-state index in [4.69, 9.17) is 4.74 Å². The highest BCUT2D eigenvalue weighted by Crippen LogP contribution is 2.34. The summed E-state index contributed by atoms with van der Waals surface area (Å²) < 4.78 is 49.7. The number of fused-ring (bicyclic) bond motifs is 1. The summed E-state index contributed by atoms with van der Waals surface area (Å²) in [4.78, 5) is 13.2. The molecule has 1 aliphatic heterocycles. The van der Waals surface area contributed by atoms with E-state index in [2.05, 4.69) is 20.1 Å². The monoisotopic (exact) mass is 452 g/mol. The normalized spacial score (nSPS) is 15.4. The Morgan fingerprint density at radius 3 is 2.58 bits per heavy atom. The number of ether oxygens (including phenoxy) is 1. The summed E-state index contributed by atoms with van der Waals surface area (Å²) >= 11 is 0. The number of hydrogen-bond acceptors (Lipinski definition) is 5. The molecule has 1 aliphatic rings. The molecule has 0 spiro atoms. The molecule has 0 amide bonds. The molecule has 168 valence electrons. The SMILES string of the molecule is COc1nc(C=Cc2nc3n(n2)CC[C@@H]3c2cc(F)c(F)c(F)c2)ccc1-n1cnc(C)c1. The first-order valence-electron chi connectivity index (χ1n) is 10.3. The van der Waals surface area contributed by atoms with Crippen LogP contribution in [-0.2, 0) is 6.54 Å². The average molecular weight is 452 g/mol. The van der Waals surface area contributed by atoms with Gasteiger partial charge in [-0.15, -0.1) is 0 Å². The molecule has 1 atom stereocenters. The van der Waals surface area contributed by atoms with Gasteiger partial charge < -0.3 is 9.30 Å². The maximum atomic E-state index is 13.7. The third kappa shape index (κ3) is 3.88. The van der Waals surface area contributed by atoms with E-state index in [1.54, 1.807) is 30.3 Å². The van der Waals surface area contributed by atoms with Crippen LogP contribution in [0, 0.1) is 24.4 Å². The van der Waals surface area contributed by atoms with Crippen molar-refractivity contribution in [2.45, 2.75) is 25.8 Å². The van der Waals surface area contributed by atoms with Crippen LogP contribution in [0.15, 0.2) is 36.8 Å². The summed E-state index contributed by atoms with van der Waals surface area (Å²) in [5.74, 6) is -2.80. The van der Waals surface area contributed by atoms with Crippen LogP contribution in [0.2, 0.25) is 0 Å². The summed E-state index contributed by atoms with van der Waals surface area (Å²) in [5.41, 5.74) is 2.62. The fourth-order valence-electron chi connectivity index (χ4n) is 3.94. The van der Waals surface area contributed by atoms with Crippen molar-refractivity contribution in [3.63, 3.8) is 0 Å². The van der Waals surface area contributed by atoms with Gasteiger partial charge in [-0.2, -0.15) is 5.10 Å². The third-order valence-electron chi connectivity index (χ3n) is 5.51. The number of rotatable bonds is 5. The largest absolute Gasteiger partial charge is 0.479 e. The van der Waals surface area contributed by atoms with E-state index in [0.717, 1.165) is 23.5 Å². The summed E-state index contributed by atoms with van der Waals surface area (Å²) in [7, 11) is 1.55. The molecule has 0 bridgehead atoms. The highest BCUT2D eigenvalue weighted by molar-refractivity contribution is 5.65. The van der Waals surface area contributed by atoms with Gasteiger partial charge >= 0.3 is 0 Å². The number of halogens is 3. The number of methoxy groups -OCH3 is 1. The number of aromatic nitrogens is 6. The lowest BCUT2D eigenvalue weighted by Crippen LogP contribution is -2.02. The Morgan fingerprint density at radius 2 is 1.88 bits per heavy atom. The first kappa shape index (κ1) is 20.9. The summed E-state index contributed by atoms with van der Waals surface area (Å²) in [6.45, 7) is 2.45. The molecule has 10 heteroatoms. The molecule has 0 saturated heterocycles. The minimum atomic E-state index is -1.47. The Morgan fingerprint density at radius 1 is 1.09 bits per heavy atom. The number of imidazole rings is 1. The molecule has 1 aromatic carbocycles. The highest BCUT2D eigenvalue weighted by Gasteiger charge is 2.29. The molecular weight excluding hydrogens is 433 g/mol. The average Bonchev–Trinajstić information content (AvgIpc) is 3.51. The Kier molecular flexibility index (Phi) is 5.20. The highest BCUT2D eigenvalue weighted by atomic mass is 19.2. The number of hydrogen-bond donors (Lipinski definition) is 0. The second-order valence-electron chi connectivity index (χ2n) is 7.71. The van der Waals surface area contributed by atoms with Crippen LogP contribution >= 0.6 is 0 Å². The van der Waals surface area contributed by atoms with Crippen molar-refractivity contribution in [1.82, 2.24) is 29.3 Å². The van der Waals surface area contributed by atoms with Crippen LogP contribution in [0.5, 0.6) is 5.88 Å². The van der Waals surface area contributed by atoms with Gasteiger partial charge in [0, 0.05) is 18.7 Å². The van der Waals surface area contributed by atoms with E-state index in [1.807, 2.05) is 29.8 Å². The fourth-order valence-corrected chi connectivity index (χ4v) is 3.94. The van der Waals surface area contributed by atoms with Crippen LogP contribution in [-0.4, -0.2) is 36.4 Å². The van der Waals surface area contributed by atoms with Gasteiger partial charge in [0.15, 0.2) is 23.3 Å². The van der Waals surface area contributed by atoms with Gasteiger partial charge in [-0.3, -0.25) is 0 Å². The molecule has 3 aromatic heterocycles. The van der Waals surface area contributed by atoms with Gasteiger partial charge in [-0.25, -0.2) is 32.8 Å². The van der Waals surface area contributed by atoms with E-state index >= 15 is 0 Å². The molecule has 0 aliphatic carbocycles. The summed E-state index contributed by atoms with van der Waals surface area (Å²) in [6.07, 6.45) is 7.61. The molecule has 0 fully saturated rings. The predicted molar refractivity (Wildman–Crippen MR) is 114 cm³/mol. The van der Waals surface area contributed by atoms with Crippen molar-refractivity contribution in [3.05, 3.63) is 82.8 Å². The van der Waals surface area contributed by atoms with E-state index < -0.39 is 17.5 Å². The molecule has 0 unspecified atom stereocenters.